The van der Waals surface area contributed by atoms with Gasteiger partial charge in [-0.25, -0.2) is 0 Å². The topological polar surface area (TPSA) is 77.8 Å². The number of aliphatic carboxylic acids is 2. The van der Waals surface area contributed by atoms with Crippen LogP contribution in [-0.2, 0) is 16.0 Å². The van der Waals surface area contributed by atoms with Gasteiger partial charge in [0.1, 0.15) is 12.1 Å². The van der Waals surface area contributed by atoms with Gasteiger partial charge in [-0.3, -0.25) is 14.5 Å². The van der Waals surface area contributed by atoms with Gasteiger partial charge in [-0.15, -0.1) is 0 Å². The SMILES string of the molecule is CC(C)CC(C(=O)O)N(C)C(CCc1ccccc1)C(=O)O. The monoisotopic (exact) mass is 307 g/mol. The zero-order valence-corrected chi connectivity index (χ0v) is 13.4. The van der Waals surface area contributed by atoms with Crippen LogP contribution in [0.25, 0.3) is 0 Å². The Morgan fingerprint density at radius 3 is 2.05 bits per heavy atom. The van der Waals surface area contributed by atoms with Gasteiger partial charge in [-0.05, 0) is 37.8 Å². The predicted molar refractivity (Wildman–Crippen MR) is 84.8 cm³/mol. The third-order valence-electron chi connectivity index (χ3n) is 3.80. The van der Waals surface area contributed by atoms with E-state index in [0.29, 0.717) is 19.3 Å². The summed E-state index contributed by atoms with van der Waals surface area (Å²) in [5.74, 6) is -1.76. The first-order valence-electron chi connectivity index (χ1n) is 7.54. The van der Waals surface area contributed by atoms with Crippen molar-refractivity contribution in [3.05, 3.63) is 35.9 Å². The first-order chi connectivity index (χ1) is 10.3. The highest BCUT2D eigenvalue weighted by molar-refractivity contribution is 5.77. The van der Waals surface area contributed by atoms with Crippen LogP contribution in [0.2, 0.25) is 0 Å². The molecule has 0 radical (unpaired) electrons. The van der Waals surface area contributed by atoms with Gasteiger partial charge in [-0.1, -0.05) is 44.2 Å². The van der Waals surface area contributed by atoms with Crippen molar-refractivity contribution in [1.29, 1.82) is 0 Å². The fourth-order valence-electron chi connectivity index (χ4n) is 2.55. The molecule has 1 aromatic carbocycles. The molecular weight excluding hydrogens is 282 g/mol. The normalized spacial score (nSPS) is 14.0. The quantitative estimate of drug-likeness (QED) is 0.733. The average Bonchev–Trinajstić information content (AvgIpc) is 2.45. The molecule has 2 unspecified atom stereocenters. The third-order valence-corrected chi connectivity index (χ3v) is 3.80. The van der Waals surface area contributed by atoms with E-state index in [9.17, 15) is 19.8 Å². The minimum Gasteiger partial charge on any atom is -0.480 e. The summed E-state index contributed by atoms with van der Waals surface area (Å²) >= 11 is 0. The van der Waals surface area contributed by atoms with Crippen molar-refractivity contribution in [3.8, 4) is 0 Å². The lowest BCUT2D eigenvalue weighted by Gasteiger charge is -2.31. The third kappa shape index (κ3) is 5.48. The minimum absolute atomic E-state index is 0.187. The highest BCUT2D eigenvalue weighted by Crippen LogP contribution is 2.17. The van der Waals surface area contributed by atoms with Crippen LogP contribution < -0.4 is 0 Å². The van der Waals surface area contributed by atoms with Crippen LogP contribution in [0.1, 0.15) is 32.3 Å². The summed E-state index contributed by atoms with van der Waals surface area (Å²) in [6.45, 7) is 3.87. The fraction of sp³-hybridized carbons (Fsp3) is 0.529. The molecule has 5 nitrogen and oxygen atoms in total. The highest BCUT2D eigenvalue weighted by atomic mass is 16.4. The molecular formula is C17H25NO4. The van der Waals surface area contributed by atoms with Crippen molar-refractivity contribution < 1.29 is 19.8 Å². The van der Waals surface area contributed by atoms with E-state index < -0.39 is 24.0 Å². The minimum atomic E-state index is -0.978. The first kappa shape index (κ1) is 18.2. The van der Waals surface area contributed by atoms with Crippen molar-refractivity contribution in [2.45, 2.75) is 45.2 Å². The van der Waals surface area contributed by atoms with Gasteiger partial charge in [0.05, 0.1) is 0 Å². The molecule has 0 spiro atoms. The van der Waals surface area contributed by atoms with Gasteiger partial charge in [0.15, 0.2) is 0 Å². The molecule has 1 rings (SSSR count). The molecule has 5 heteroatoms. The van der Waals surface area contributed by atoms with Crippen LogP contribution >= 0.6 is 0 Å². The van der Waals surface area contributed by atoms with Crippen molar-refractivity contribution in [2.24, 2.45) is 5.92 Å². The number of hydrogen-bond donors (Lipinski definition) is 2. The Labute approximate surface area is 131 Å². The predicted octanol–water partition coefficient (Wildman–Crippen LogP) is 2.50. The Hall–Kier alpha value is -1.88. The Morgan fingerprint density at radius 1 is 1.05 bits per heavy atom. The number of carboxylic acid groups (broad SMARTS) is 2. The first-order valence-corrected chi connectivity index (χ1v) is 7.54. The van der Waals surface area contributed by atoms with Gasteiger partial charge in [0.2, 0.25) is 0 Å². The number of carbonyl (C=O) groups is 2. The van der Waals surface area contributed by atoms with E-state index in [0.717, 1.165) is 5.56 Å². The number of carboxylic acids is 2. The van der Waals surface area contributed by atoms with Crippen molar-refractivity contribution in [1.82, 2.24) is 4.90 Å². The molecule has 2 N–H and O–H groups in total. The van der Waals surface area contributed by atoms with Crippen LogP contribution in [-0.4, -0.2) is 46.2 Å². The van der Waals surface area contributed by atoms with Crippen LogP contribution in [0.5, 0.6) is 0 Å². The summed E-state index contributed by atoms with van der Waals surface area (Å²) in [5, 5.41) is 18.8. The van der Waals surface area contributed by atoms with Gasteiger partial charge in [0, 0.05) is 0 Å². The second-order valence-corrected chi connectivity index (χ2v) is 6.03. The smallest absolute Gasteiger partial charge is 0.320 e. The standard InChI is InChI=1S/C17H25NO4/c1-12(2)11-15(17(21)22)18(3)14(16(19)20)10-9-13-7-5-4-6-8-13/h4-8,12,14-15H,9-11H2,1-3H3,(H,19,20)(H,21,22). The summed E-state index contributed by atoms with van der Waals surface area (Å²) in [4.78, 5) is 24.5. The van der Waals surface area contributed by atoms with E-state index in [1.165, 1.54) is 4.90 Å². The summed E-state index contributed by atoms with van der Waals surface area (Å²) in [6.07, 6.45) is 1.43. The Balaban J connectivity index is 2.79. The van der Waals surface area contributed by atoms with Crippen LogP contribution in [0.15, 0.2) is 30.3 Å². The largest absolute Gasteiger partial charge is 0.480 e. The molecule has 0 heterocycles. The summed E-state index contributed by atoms with van der Waals surface area (Å²) in [6, 6.07) is 8.04. The molecule has 1 aromatic rings. The second kappa shape index (κ2) is 8.54. The lowest BCUT2D eigenvalue weighted by atomic mass is 9.98. The van der Waals surface area contributed by atoms with E-state index in [1.54, 1.807) is 7.05 Å². The number of likely N-dealkylation sites (N-methyl/N-ethyl adjacent to an activating group) is 1. The van der Waals surface area contributed by atoms with E-state index in [1.807, 2.05) is 44.2 Å². The molecule has 0 aromatic heterocycles. The molecule has 0 aliphatic rings. The summed E-state index contributed by atoms with van der Waals surface area (Å²) in [7, 11) is 1.59. The van der Waals surface area contributed by atoms with E-state index in [4.69, 9.17) is 0 Å². The Morgan fingerprint density at radius 2 is 1.59 bits per heavy atom. The molecule has 0 aliphatic carbocycles. The number of hydrogen-bond acceptors (Lipinski definition) is 3. The lowest BCUT2D eigenvalue weighted by Crippen LogP contribution is -2.49. The van der Waals surface area contributed by atoms with E-state index in [2.05, 4.69) is 0 Å². The van der Waals surface area contributed by atoms with Crippen molar-refractivity contribution >= 4 is 11.9 Å². The lowest BCUT2D eigenvalue weighted by molar-refractivity contribution is -0.150. The summed E-state index contributed by atoms with van der Waals surface area (Å²) in [5.41, 5.74) is 1.05. The van der Waals surface area contributed by atoms with Crippen molar-refractivity contribution in [2.75, 3.05) is 7.05 Å². The zero-order chi connectivity index (χ0) is 16.7. The van der Waals surface area contributed by atoms with E-state index in [-0.39, 0.29) is 5.92 Å². The summed E-state index contributed by atoms with van der Waals surface area (Å²) < 4.78 is 0. The highest BCUT2D eigenvalue weighted by Gasteiger charge is 2.32. The number of nitrogens with zero attached hydrogens (tertiary/aromatic N) is 1. The van der Waals surface area contributed by atoms with Gasteiger partial charge < -0.3 is 10.2 Å². The molecule has 122 valence electrons. The molecule has 2 atom stereocenters. The molecule has 0 bridgehead atoms. The molecule has 0 saturated carbocycles. The van der Waals surface area contributed by atoms with E-state index >= 15 is 0 Å². The van der Waals surface area contributed by atoms with Gasteiger partial charge in [-0.2, -0.15) is 0 Å². The number of rotatable bonds is 9. The Bertz CT molecular complexity index is 487. The maximum absolute atomic E-state index is 11.5. The average molecular weight is 307 g/mol. The van der Waals surface area contributed by atoms with Gasteiger partial charge >= 0.3 is 11.9 Å². The maximum Gasteiger partial charge on any atom is 0.320 e. The fourth-order valence-corrected chi connectivity index (χ4v) is 2.55. The maximum atomic E-state index is 11.5. The second-order valence-electron chi connectivity index (χ2n) is 6.03. The molecule has 0 aliphatic heterocycles. The number of benzene rings is 1. The van der Waals surface area contributed by atoms with Crippen LogP contribution in [0, 0.1) is 5.92 Å². The molecule has 0 fully saturated rings. The molecule has 0 amide bonds. The zero-order valence-electron chi connectivity index (χ0n) is 13.4. The Kier molecular flexibility index (Phi) is 7.05. The van der Waals surface area contributed by atoms with Crippen LogP contribution in [0.4, 0.5) is 0 Å². The number of aryl methyl sites for hydroxylation is 1. The van der Waals surface area contributed by atoms with Crippen molar-refractivity contribution in [3.63, 3.8) is 0 Å². The van der Waals surface area contributed by atoms with Gasteiger partial charge in [0.25, 0.3) is 0 Å². The molecule has 22 heavy (non-hydrogen) atoms. The van der Waals surface area contributed by atoms with Crippen LogP contribution in [0.3, 0.4) is 0 Å². The molecule has 0 saturated heterocycles.